The molecule has 0 unspecified atom stereocenters. The number of hydrogen-bond acceptors (Lipinski definition) is 5. The van der Waals surface area contributed by atoms with E-state index in [1.54, 1.807) is 56.5 Å². The molecule has 0 aliphatic carbocycles. The summed E-state index contributed by atoms with van der Waals surface area (Å²) in [7, 11) is 0. The Morgan fingerprint density at radius 2 is 1.83 bits per heavy atom. The fraction of sp³-hybridized carbons (Fsp3) is 0.211. The molecule has 0 aromatic heterocycles. The van der Waals surface area contributed by atoms with Crippen molar-refractivity contribution in [2.75, 3.05) is 6.61 Å². The Kier molecular flexibility index (Phi) is 6.09. The summed E-state index contributed by atoms with van der Waals surface area (Å²) in [4.78, 5) is 15.7. The first-order valence-corrected chi connectivity index (χ1v) is 7.53. The van der Waals surface area contributed by atoms with Gasteiger partial charge >= 0.3 is 5.97 Å². The quantitative estimate of drug-likeness (QED) is 0.601. The molecule has 0 bridgehead atoms. The van der Waals surface area contributed by atoms with Crippen LogP contribution in [0.3, 0.4) is 0 Å². The number of ether oxygens (including phenoxy) is 2. The average molecular weight is 322 g/mol. The molecule has 2 rings (SSSR count). The maximum atomic E-state index is 11.4. The second-order valence-electron chi connectivity index (χ2n) is 5.31. The van der Waals surface area contributed by atoms with Gasteiger partial charge in [0, 0.05) is 6.21 Å². The molecule has 0 N–H and O–H groups in total. The van der Waals surface area contributed by atoms with Crippen molar-refractivity contribution in [1.29, 1.82) is 5.26 Å². The van der Waals surface area contributed by atoms with Crippen LogP contribution in [0.4, 0.5) is 5.69 Å². The molecule has 0 heterocycles. The molecular formula is C19H18N2O3. The van der Waals surface area contributed by atoms with Gasteiger partial charge in [-0.25, -0.2) is 4.79 Å². The van der Waals surface area contributed by atoms with E-state index >= 15 is 0 Å². The Bertz CT molecular complexity index is 742. The van der Waals surface area contributed by atoms with Gasteiger partial charge in [0.15, 0.2) is 6.61 Å². The first-order chi connectivity index (χ1) is 11.6. The molecule has 0 aliphatic rings. The van der Waals surface area contributed by atoms with Gasteiger partial charge in [0.25, 0.3) is 0 Å². The van der Waals surface area contributed by atoms with Crippen LogP contribution in [0.25, 0.3) is 0 Å². The average Bonchev–Trinajstić information content (AvgIpc) is 2.59. The lowest BCUT2D eigenvalue weighted by Crippen LogP contribution is -2.18. The van der Waals surface area contributed by atoms with Gasteiger partial charge in [-0.3, -0.25) is 4.99 Å². The van der Waals surface area contributed by atoms with Gasteiger partial charge in [-0.05, 0) is 67.9 Å². The number of aliphatic imine (C=N–C) groups is 1. The maximum Gasteiger partial charge on any atom is 0.344 e. The number of rotatable bonds is 6. The number of nitriles is 1. The molecule has 24 heavy (non-hydrogen) atoms. The summed E-state index contributed by atoms with van der Waals surface area (Å²) in [5.41, 5.74) is 2.27. The largest absolute Gasteiger partial charge is 0.482 e. The minimum Gasteiger partial charge on any atom is -0.482 e. The van der Waals surface area contributed by atoms with Crippen molar-refractivity contribution in [2.45, 2.75) is 20.0 Å². The molecule has 0 saturated heterocycles. The lowest BCUT2D eigenvalue weighted by molar-refractivity contribution is -0.149. The summed E-state index contributed by atoms with van der Waals surface area (Å²) >= 11 is 0. The van der Waals surface area contributed by atoms with Crippen molar-refractivity contribution in [3.8, 4) is 11.8 Å². The smallest absolute Gasteiger partial charge is 0.344 e. The molecule has 0 radical (unpaired) electrons. The van der Waals surface area contributed by atoms with E-state index in [-0.39, 0.29) is 12.7 Å². The van der Waals surface area contributed by atoms with E-state index in [1.807, 2.05) is 12.1 Å². The molecule has 0 amide bonds. The third-order valence-corrected chi connectivity index (χ3v) is 2.96. The SMILES string of the molecule is CC(C)OC(=O)COc1ccc(C=Nc2ccc(C#N)cc2)cc1. The van der Waals surface area contributed by atoms with Crippen molar-refractivity contribution in [1.82, 2.24) is 0 Å². The van der Waals surface area contributed by atoms with Crippen molar-refractivity contribution in [2.24, 2.45) is 4.99 Å². The van der Waals surface area contributed by atoms with Crippen LogP contribution in [-0.4, -0.2) is 24.9 Å². The molecule has 5 heteroatoms. The Labute approximate surface area is 141 Å². The second-order valence-corrected chi connectivity index (χ2v) is 5.31. The molecule has 0 atom stereocenters. The van der Waals surface area contributed by atoms with Crippen LogP contribution in [0.5, 0.6) is 5.75 Å². The van der Waals surface area contributed by atoms with E-state index in [0.29, 0.717) is 11.3 Å². The molecule has 0 saturated carbocycles. The van der Waals surface area contributed by atoms with E-state index in [4.69, 9.17) is 14.7 Å². The van der Waals surface area contributed by atoms with Crippen molar-refractivity contribution >= 4 is 17.9 Å². The van der Waals surface area contributed by atoms with Gasteiger partial charge in [0.1, 0.15) is 5.75 Å². The highest BCUT2D eigenvalue weighted by Crippen LogP contribution is 2.14. The summed E-state index contributed by atoms with van der Waals surface area (Å²) < 4.78 is 10.4. The van der Waals surface area contributed by atoms with Crippen LogP contribution in [-0.2, 0) is 9.53 Å². The minimum absolute atomic E-state index is 0.114. The van der Waals surface area contributed by atoms with Gasteiger partial charge < -0.3 is 9.47 Å². The Balaban J connectivity index is 1.90. The first kappa shape index (κ1) is 17.2. The summed E-state index contributed by atoms with van der Waals surface area (Å²) in [6.45, 7) is 3.47. The van der Waals surface area contributed by atoms with Crippen molar-refractivity contribution in [3.05, 3.63) is 59.7 Å². The van der Waals surface area contributed by atoms with E-state index in [0.717, 1.165) is 11.3 Å². The molecule has 0 aliphatic heterocycles. The predicted molar refractivity (Wildman–Crippen MR) is 91.6 cm³/mol. The standard InChI is InChI=1S/C19H18N2O3/c1-14(2)24-19(22)13-23-18-9-5-16(6-10-18)12-21-17-7-3-15(11-20)4-8-17/h3-10,12,14H,13H2,1-2H3. The number of carbonyl (C=O) groups excluding carboxylic acids is 1. The number of hydrogen-bond donors (Lipinski definition) is 0. The highest BCUT2D eigenvalue weighted by atomic mass is 16.6. The first-order valence-electron chi connectivity index (χ1n) is 7.53. The molecule has 2 aromatic rings. The lowest BCUT2D eigenvalue weighted by Gasteiger charge is -2.09. The fourth-order valence-electron chi connectivity index (χ4n) is 1.86. The third-order valence-electron chi connectivity index (χ3n) is 2.96. The fourth-order valence-corrected chi connectivity index (χ4v) is 1.86. The minimum atomic E-state index is -0.392. The highest BCUT2D eigenvalue weighted by molar-refractivity contribution is 5.82. The Hall–Kier alpha value is -3.13. The topological polar surface area (TPSA) is 71.7 Å². The van der Waals surface area contributed by atoms with Crippen LogP contribution in [0.1, 0.15) is 25.0 Å². The van der Waals surface area contributed by atoms with Crippen molar-refractivity contribution < 1.29 is 14.3 Å². The number of benzene rings is 2. The normalized spacial score (nSPS) is 10.6. The third kappa shape index (κ3) is 5.58. The maximum absolute atomic E-state index is 11.4. The molecule has 122 valence electrons. The zero-order chi connectivity index (χ0) is 17.4. The van der Waals surface area contributed by atoms with Crippen LogP contribution < -0.4 is 4.74 Å². The summed E-state index contributed by atoms with van der Waals surface area (Å²) in [5, 5.41) is 8.75. The lowest BCUT2D eigenvalue weighted by atomic mass is 10.2. The zero-order valence-corrected chi connectivity index (χ0v) is 13.6. The van der Waals surface area contributed by atoms with E-state index in [9.17, 15) is 4.79 Å². The molecule has 0 spiro atoms. The predicted octanol–water partition coefficient (Wildman–Crippen LogP) is 3.64. The monoisotopic (exact) mass is 322 g/mol. The van der Waals surface area contributed by atoms with E-state index < -0.39 is 5.97 Å². The van der Waals surface area contributed by atoms with Gasteiger partial charge in [0.05, 0.1) is 23.4 Å². The van der Waals surface area contributed by atoms with Gasteiger partial charge in [-0.2, -0.15) is 5.26 Å². The molecule has 0 fully saturated rings. The van der Waals surface area contributed by atoms with Gasteiger partial charge in [-0.1, -0.05) is 0 Å². The van der Waals surface area contributed by atoms with Crippen molar-refractivity contribution in [3.63, 3.8) is 0 Å². The van der Waals surface area contributed by atoms with Crippen LogP contribution in [0.2, 0.25) is 0 Å². The molecular weight excluding hydrogens is 304 g/mol. The summed E-state index contributed by atoms with van der Waals surface area (Å²) in [5.74, 6) is 0.197. The van der Waals surface area contributed by atoms with Crippen LogP contribution >= 0.6 is 0 Å². The number of carbonyl (C=O) groups is 1. The second kappa shape index (κ2) is 8.49. The molecule has 2 aromatic carbocycles. The van der Waals surface area contributed by atoms with Gasteiger partial charge in [-0.15, -0.1) is 0 Å². The van der Waals surface area contributed by atoms with E-state index in [2.05, 4.69) is 11.1 Å². The summed E-state index contributed by atoms with van der Waals surface area (Å²) in [6, 6.07) is 16.3. The highest BCUT2D eigenvalue weighted by Gasteiger charge is 2.06. The Morgan fingerprint density at radius 3 is 2.42 bits per heavy atom. The zero-order valence-electron chi connectivity index (χ0n) is 13.6. The molecule has 5 nitrogen and oxygen atoms in total. The van der Waals surface area contributed by atoms with E-state index in [1.165, 1.54) is 0 Å². The Morgan fingerprint density at radius 1 is 1.17 bits per heavy atom. The summed E-state index contributed by atoms with van der Waals surface area (Å²) in [6.07, 6.45) is 1.57. The van der Waals surface area contributed by atoms with Crippen LogP contribution in [0, 0.1) is 11.3 Å². The van der Waals surface area contributed by atoms with Crippen LogP contribution in [0.15, 0.2) is 53.5 Å². The number of nitrogens with zero attached hydrogens (tertiary/aromatic N) is 2. The number of esters is 1. The van der Waals surface area contributed by atoms with Gasteiger partial charge in [0.2, 0.25) is 0 Å².